The highest BCUT2D eigenvalue weighted by atomic mass is 35.5. The highest BCUT2D eigenvalue weighted by molar-refractivity contribution is 6.33. The summed E-state index contributed by atoms with van der Waals surface area (Å²) in [6, 6.07) is 10.1. The maximum atomic E-state index is 9.71. The molecular formula is C14H13Cl2NO2. The van der Waals surface area contributed by atoms with Gasteiger partial charge in [0.05, 0.1) is 17.3 Å². The Labute approximate surface area is 121 Å². The summed E-state index contributed by atoms with van der Waals surface area (Å²) >= 11 is 11.9. The van der Waals surface area contributed by atoms with Crippen LogP contribution in [0.4, 0.5) is 5.69 Å². The number of hydrogen-bond acceptors (Lipinski definition) is 3. The molecule has 2 rings (SSSR count). The topological polar surface area (TPSA) is 52.5 Å². The van der Waals surface area contributed by atoms with Crippen molar-refractivity contribution >= 4 is 28.9 Å². The van der Waals surface area contributed by atoms with E-state index in [1.165, 1.54) is 0 Å². The van der Waals surface area contributed by atoms with E-state index >= 15 is 0 Å². The molecule has 2 aromatic rings. The van der Waals surface area contributed by atoms with E-state index in [4.69, 9.17) is 28.3 Å². The van der Waals surface area contributed by atoms with E-state index < -0.39 is 0 Å². The Morgan fingerprint density at radius 1 is 1.05 bits per heavy atom. The third kappa shape index (κ3) is 3.53. The van der Waals surface area contributed by atoms with Crippen LogP contribution in [0.5, 0.6) is 5.75 Å². The molecule has 2 aromatic carbocycles. The number of aromatic hydroxyl groups is 1. The molecule has 0 heterocycles. The molecule has 0 radical (unpaired) electrons. The molecule has 0 atom stereocenters. The van der Waals surface area contributed by atoms with Gasteiger partial charge in [0, 0.05) is 17.1 Å². The number of benzene rings is 2. The van der Waals surface area contributed by atoms with Crippen molar-refractivity contribution in [3.63, 3.8) is 0 Å². The first-order valence-electron chi connectivity index (χ1n) is 5.70. The fraction of sp³-hybridized carbons (Fsp3) is 0.143. The summed E-state index contributed by atoms with van der Waals surface area (Å²) in [5.74, 6) is 0.173. The van der Waals surface area contributed by atoms with Crippen LogP contribution < -0.4 is 5.32 Å². The average Bonchev–Trinajstić information content (AvgIpc) is 2.41. The van der Waals surface area contributed by atoms with Crippen molar-refractivity contribution in [1.82, 2.24) is 0 Å². The van der Waals surface area contributed by atoms with Crippen LogP contribution in [0.25, 0.3) is 0 Å². The number of halogens is 2. The van der Waals surface area contributed by atoms with E-state index in [-0.39, 0.29) is 12.4 Å². The fourth-order valence-electron chi connectivity index (χ4n) is 1.69. The van der Waals surface area contributed by atoms with Crippen LogP contribution in [0.15, 0.2) is 36.4 Å². The predicted molar refractivity (Wildman–Crippen MR) is 77.8 cm³/mol. The zero-order chi connectivity index (χ0) is 13.8. The number of phenols is 1. The first kappa shape index (κ1) is 14.0. The Bertz CT molecular complexity index is 588. The minimum Gasteiger partial charge on any atom is -0.508 e. The molecule has 0 saturated carbocycles. The molecule has 0 fully saturated rings. The van der Waals surface area contributed by atoms with Crippen LogP contribution in [0, 0.1) is 0 Å². The molecule has 3 nitrogen and oxygen atoms in total. The van der Waals surface area contributed by atoms with Gasteiger partial charge < -0.3 is 15.5 Å². The van der Waals surface area contributed by atoms with Gasteiger partial charge in [-0.1, -0.05) is 29.3 Å². The van der Waals surface area contributed by atoms with Crippen molar-refractivity contribution in [2.24, 2.45) is 0 Å². The summed E-state index contributed by atoms with van der Waals surface area (Å²) in [6.45, 7) is 0.343. The van der Waals surface area contributed by atoms with Crippen LogP contribution in [-0.2, 0) is 13.2 Å². The van der Waals surface area contributed by atoms with Gasteiger partial charge in [-0.25, -0.2) is 0 Å². The minimum atomic E-state index is -0.0474. The molecule has 100 valence electrons. The highest BCUT2D eigenvalue weighted by Gasteiger charge is 2.05. The molecule has 0 aliphatic rings. The maximum Gasteiger partial charge on any atom is 0.120 e. The van der Waals surface area contributed by atoms with E-state index in [0.29, 0.717) is 27.8 Å². The number of rotatable bonds is 4. The van der Waals surface area contributed by atoms with Gasteiger partial charge in [0.1, 0.15) is 5.75 Å². The quantitative estimate of drug-likeness (QED) is 0.804. The molecule has 0 unspecified atom stereocenters. The Morgan fingerprint density at radius 2 is 1.84 bits per heavy atom. The summed E-state index contributed by atoms with van der Waals surface area (Å²) in [6.07, 6.45) is 0. The van der Waals surface area contributed by atoms with Crippen molar-refractivity contribution in [2.45, 2.75) is 13.2 Å². The fourth-order valence-corrected chi connectivity index (χ4v) is 2.07. The summed E-state index contributed by atoms with van der Waals surface area (Å²) in [4.78, 5) is 0. The second-order valence-electron chi connectivity index (χ2n) is 4.10. The molecule has 0 aliphatic heterocycles. The van der Waals surface area contributed by atoms with Gasteiger partial charge in [-0.2, -0.15) is 0 Å². The van der Waals surface area contributed by atoms with Crippen molar-refractivity contribution in [3.05, 3.63) is 57.6 Å². The third-order valence-corrected chi connectivity index (χ3v) is 3.29. The average molecular weight is 298 g/mol. The van der Waals surface area contributed by atoms with Gasteiger partial charge >= 0.3 is 0 Å². The molecule has 0 bridgehead atoms. The van der Waals surface area contributed by atoms with E-state index in [1.807, 2.05) is 0 Å². The van der Waals surface area contributed by atoms with Gasteiger partial charge in [-0.3, -0.25) is 0 Å². The molecule has 19 heavy (non-hydrogen) atoms. The van der Waals surface area contributed by atoms with Gasteiger partial charge in [0.2, 0.25) is 0 Å². The zero-order valence-corrected chi connectivity index (χ0v) is 11.5. The molecule has 0 spiro atoms. The van der Waals surface area contributed by atoms with Crippen LogP contribution in [-0.4, -0.2) is 10.2 Å². The summed E-state index contributed by atoms with van der Waals surface area (Å²) < 4.78 is 0. The van der Waals surface area contributed by atoms with Gasteiger partial charge in [0.25, 0.3) is 0 Å². The molecule has 0 aromatic heterocycles. The molecule has 5 heteroatoms. The molecule has 0 amide bonds. The van der Waals surface area contributed by atoms with E-state index in [2.05, 4.69) is 5.32 Å². The van der Waals surface area contributed by atoms with Gasteiger partial charge in [0.15, 0.2) is 0 Å². The van der Waals surface area contributed by atoms with Crippen molar-refractivity contribution in [1.29, 1.82) is 0 Å². The van der Waals surface area contributed by atoms with E-state index in [0.717, 1.165) is 5.56 Å². The van der Waals surface area contributed by atoms with Crippen molar-refractivity contribution < 1.29 is 10.2 Å². The zero-order valence-electron chi connectivity index (χ0n) is 10.0. The Hall–Kier alpha value is -1.42. The lowest BCUT2D eigenvalue weighted by atomic mass is 10.1. The summed E-state index contributed by atoms with van der Waals surface area (Å²) in [5.41, 5.74) is 2.15. The van der Waals surface area contributed by atoms with Crippen LogP contribution >= 0.6 is 23.2 Å². The number of anilines is 1. The number of hydrogen-bond donors (Lipinski definition) is 3. The third-order valence-electron chi connectivity index (χ3n) is 2.72. The Kier molecular flexibility index (Phi) is 4.53. The SMILES string of the molecule is OCc1ccc(Cl)c(NCc2cc(Cl)ccc2O)c1. The van der Waals surface area contributed by atoms with Gasteiger partial charge in [-0.15, -0.1) is 0 Å². The van der Waals surface area contributed by atoms with Crippen LogP contribution in [0.2, 0.25) is 10.0 Å². The Balaban J connectivity index is 2.16. The summed E-state index contributed by atoms with van der Waals surface area (Å²) in [7, 11) is 0. The lowest BCUT2D eigenvalue weighted by Crippen LogP contribution is -2.01. The van der Waals surface area contributed by atoms with Crippen molar-refractivity contribution in [3.8, 4) is 5.75 Å². The maximum absolute atomic E-state index is 9.71. The molecule has 0 saturated heterocycles. The second kappa shape index (κ2) is 6.15. The minimum absolute atomic E-state index is 0.0474. The van der Waals surface area contributed by atoms with Crippen LogP contribution in [0.3, 0.4) is 0 Å². The number of aliphatic hydroxyl groups is 1. The number of aliphatic hydroxyl groups excluding tert-OH is 1. The van der Waals surface area contributed by atoms with E-state index in [9.17, 15) is 5.11 Å². The van der Waals surface area contributed by atoms with Crippen LogP contribution in [0.1, 0.15) is 11.1 Å². The standard InChI is InChI=1S/C14H13Cl2NO2/c15-11-2-4-14(19)10(6-11)7-17-13-5-9(8-18)1-3-12(13)16/h1-6,17-19H,7-8H2. The second-order valence-corrected chi connectivity index (χ2v) is 4.94. The molecule has 0 aliphatic carbocycles. The largest absolute Gasteiger partial charge is 0.508 e. The van der Waals surface area contributed by atoms with Gasteiger partial charge in [-0.05, 0) is 35.9 Å². The smallest absolute Gasteiger partial charge is 0.120 e. The number of nitrogens with one attached hydrogen (secondary N) is 1. The van der Waals surface area contributed by atoms with Crippen molar-refractivity contribution in [2.75, 3.05) is 5.32 Å². The highest BCUT2D eigenvalue weighted by Crippen LogP contribution is 2.26. The first-order valence-corrected chi connectivity index (χ1v) is 6.46. The Morgan fingerprint density at radius 3 is 2.58 bits per heavy atom. The monoisotopic (exact) mass is 297 g/mol. The molecule has 3 N–H and O–H groups in total. The molecular weight excluding hydrogens is 285 g/mol. The lowest BCUT2D eigenvalue weighted by Gasteiger charge is -2.11. The van der Waals surface area contributed by atoms with E-state index in [1.54, 1.807) is 36.4 Å². The number of phenolic OH excluding ortho intramolecular Hbond substituents is 1. The lowest BCUT2D eigenvalue weighted by molar-refractivity contribution is 0.282. The normalized spacial score (nSPS) is 10.5. The summed E-state index contributed by atoms with van der Waals surface area (Å²) in [5, 5.41) is 23.0. The first-order chi connectivity index (χ1) is 9.10. The predicted octanol–water partition coefficient (Wildman–Crippen LogP) is 3.80.